The van der Waals surface area contributed by atoms with Crippen LogP contribution in [0.3, 0.4) is 0 Å². The van der Waals surface area contributed by atoms with E-state index in [0.717, 1.165) is 19.3 Å². The van der Waals surface area contributed by atoms with Crippen LogP contribution in [0, 0.1) is 11.3 Å². The van der Waals surface area contributed by atoms with E-state index in [4.69, 9.17) is 14.0 Å². The molecule has 1 aromatic carbocycles. The van der Waals surface area contributed by atoms with E-state index in [-0.39, 0.29) is 41.4 Å². The maximum Gasteiger partial charge on any atom is 0.462 e. The highest BCUT2D eigenvalue weighted by Crippen LogP contribution is 2.72. The number of rotatable bonds is 3. The van der Waals surface area contributed by atoms with Gasteiger partial charge in [0.2, 0.25) is 0 Å². The summed E-state index contributed by atoms with van der Waals surface area (Å²) in [6, 6.07) is 10.5. The van der Waals surface area contributed by atoms with Crippen LogP contribution in [0.15, 0.2) is 36.4 Å². The normalized spacial score (nSPS) is 33.7. The fourth-order valence-electron chi connectivity index (χ4n) is 4.75. The number of methoxy groups -OCH3 is 1. The molecule has 1 aliphatic heterocycles. The lowest BCUT2D eigenvalue weighted by atomic mass is 9.67. The van der Waals surface area contributed by atoms with Gasteiger partial charge < -0.3 is 14.0 Å². The molecule has 1 saturated carbocycles. The topological polar surface area (TPSA) is 44.8 Å². The Kier molecular flexibility index (Phi) is 4.32. The van der Waals surface area contributed by atoms with Gasteiger partial charge >= 0.3 is 13.1 Å². The van der Waals surface area contributed by atoms with E-state index in [9.17, 15) is 4.79 Å². The third kappa shape index (κ3) is 2.96. The molecule has 4 rings (SSSR count). The van der Waals surface area contributed by atoms with Crippen LogP contribution in [0.5, 0.6) is 0 Å². The van der Waals surface area contributed by atoms with Crippen molar-refractivity contribution in [3.05, 3.63) is 42.0 Å². The molecule has 0 amide bonds. The van der Waals surface area contributed by atoms with Crippen LogP contribution in [0.25, 0.3) is 5.57 Å². The molecule has 0 radical (unpaired) electrons. The first-order valence-corrected chi connectivity index (χ1v) is 9.90. The summed E-state index contributed by atoms with van der Waals surface area (Å²) in [6.45, 7) is 8.37. The highest BCUT2D eigenvalue weighted by Gasteiger charge is 2.68. The minimum Gasteiger partial charge on any atom is -0.469 e. The molecule has 1 saturated heterocycles. The van der Waals surface area contributed by atoms with Crippen LogP contribution in [-0.4, -0.2) is 31.4 Å². The van der Waals surface area contributed by atoms with Gasteiger partial charge in [0, 0.05) is 5.82 Å². The first-order chi connectivity index (χ1) is 12.7. The Morgan fingerprint density at radius 2 is 1.70 bits per heavy atom. The smallest absolute Gasteiger partial charge is 0.462 e. The number of hydrogen-bond donors (Lipinski definition) is 0. The van der Waals surface area contributed by atoms with Gasteiger partial charge in [-0.3, -0.25) is 4.79 Å². The Labute approximate surface area is 162 Å². The summed E-state index contributed by atoms with van der Waals surface area (Å²) in [5.74, 6) is 0.0599. The van der Waals surface area contributed by atoms with Crippen LogP contribution in [-0.2, 0) is 18.8 Å². The second-order valence-corrected chi connectivity index (χ2v) is 9.24. The zero-order chi connectivity index (χ0) is 19.4. The lowest BCUT2D eigenvalue weighted by Crippen LogP contribution is -2.41. The fourth-order valence-corrected chi connectivity index (χ4v) is 4.75. The number of esters is 1. The molecule has 1 unspecified atom stereocenters. The third-order valence-corrected chi connectivity index (χ3v) is 7.11. The Morgan fingerprint density at radius 3 is 2.30 bits per heavy atom. The minimum atomic E-state index is -0.339. The molecule has 0 aromatic heterocycles. The third-order valence-electron chi connectivity index (χ3n) is 7.11. The summed E-state index contributed by atoms with van der Waals surface area (Å²) in [4.78, 5) is 12.2. The standard InChI is InChI=1S/C22H29BO4/c1-20(2)21(3,4)27-23(26-20)18-14-22(18)13-16(19(24)25-5)11-12-17(22)15-9-7-6-8-10-15/h6-10,12,16,18H,11,13-14H2,1-5H3/t16-,18?,22-/m1/s1. The molecule has 1 spiro atoms. The molecule has 3 aliphatic rings. The van der Waals surface area contributed by atoms with Gasteiger partial charge in [0.15, 0.2) is 0 Å². The van der Waals surface area contributed by atoms with Crippen molar-refractivity contribution in [3.63, 3.8) is 0 Å². The van der Waals surface area contributed by atoms with E-state index in [1.165, 1.54) is 18.2 Å². The van der Waals surface area contributed by atoms with Crippen LogP contribution in [0.1, 0.15) is 52.5 Å². The second-order valence-electron chi connectivity index (χ2n) is 9.24. The van der Waals surface area contributed by atoms with Gasteiger partial charge in [0.1, 0.15) is 0 Å². The van der Waals surface area contributed by atoms with Crippen molar-refractivity contribution in [2.75, 3.05) is 7.11 Å². The molecule has 2 aliphatic carbocycles. The largest absolute Gasteiger partial charge is 0.469 e. The SMILES string of the molecule is COC(=O)[C@@H]1CC=C(c2ccccc2)[C@]2(CC2B2OC(C)(C)C(C)(C)O2)C1. The van der Waals surface area contributed by atoms with Gasteiger partial charge in [-0.2, -0.15) is 0 Å². The maximum atomic E-state index is 12.2. The zero-order valence-corrected chi connectivity index (χ0v) is 17.0. The highest BCUT2D eigenvalue weighted by atomic mass is 16.7. The molecule has 2 fully saturated rings. The average Bonchev–Trinajstić information content (AvgIpc) is 3.28. The molecular formula is C22H29BO4. The molecule has 1 aromatic rings. The van der Waals surface area contributed by atoms with Gasteiger partial charge in [-0.15, -0.1) is 0 Å². The van der Waals surface area contributed by atoms with Crippen LogP contribution >= 0.6 is 0 Å². The van der Waals surface area contributed by atoms with Crippen molar-refractivity contribution in [2.45, 2.75) is 64.0 Å². The molecule has 0 N–H and O–H groups in total. The Bertz CT molecular complexity index is 754. The van der Waals surface area contributed by atoms with Crippen molar-refractivity contribution < 1.29 is 18.8 Å². The lowest BCUT2D eigenvalue weighted by molar-refractivity contribution is -0.146. The molecule has 3 atom stereocenters. The molecule has 1 heterocycles. The molecule has 144 valence electrons. The van der Waals surface area contributed by atoms with Crippen molar-refractivity contribution in [3.8, 4) is 0 Å². The van der Waals surface area contributed by atoms with Crippen molar-refractivity contribution in [1.82, 2.24) is 0 Å². The summed E-state index contributed by atoms with van der Waals surface area (Å²) >= 11 is 0. The first kappa shape index (κ1) is 18.8. The van der Waals surface area contributed by atoms with Crippen LogP contribution in [0.4, 0.5) is 0 Å². The van der Waals surface area contributed by atoms with E-state index < -0.39 is 0 Å². The van der Waals surface area contributed by atoms with Crippen molar-refractivity contribution in [2.24, 2.45) is 11.3 Å². The quantitative estimate of drug-likeness (QED) is 0.582. The van der Waals surface area contributed by atoms with Crippen LogP contribution < -0.4 is 0 Å². The summed E-state index contributed by atoms with van der Waals surface area (Å²) in [5, 5.41) is 0. The zero-order valence-electron chi connectivity index (χ0n) is 17.0. The van der Waals surface area contributed by atoms with E-state index in [2.05, 4.69) is 58.0 Å². The molecule has 27 heavy (non-hydrogen) atoms. The van der Waals surface area contributed by atoms with E-state index >= 15 is 0 Å². The number of carbonyl (C=O) groups is 1. The Hall–Kier alpha value is -1.59. The number of allylic oxidation sites excluding steroid dienone is 2. The van der Waals surface area contributed by atoms with Gasteiger partial charge in [-0.05, 0) is 63.5 Å². The minimum absolute atomic E-state index is 0.0698. The van der Waals surface area contributed by atoms with Crippen LogP contribution in [0.2, 0.25) is 5.82 Å². The van der Waals surface area contributed by atoms with E-state index in [0.29, 0.717) is 0 Å². The van der Waals surface area contributed by atoms with Gasteiger partial charge in [0.05, 0.1) is 24.2 Å². The average molecular weight is 368 g/mol. The van der Waals surface area contributed by atoms with Gasteiger partial charge in [0.25, 0.3) is 0 Å². The lowest BCUT2D eigenvalue weighted by Gasteiger charge is -2.32. The summed E-state index contributed by atoms with van der Waals surface area (Å²) in [6.07, 6.45) is 4.76. The van der Waals surface area contributed by atoms with E-state index in [1.807, 2.05) is 6.07 Å². The second kappa shape index (κ2) is 6.21. The monoisotopic (exact) mass is 368 g/mol. The van der Waals surface area contributed by atoms with Crippen molar-refractivity contribution >= 4 is 18.7 Å². The Balaban J connectivity index is 1.65. The molecule has 4 nitrogen and oxygen atoms in total. The number of carbonyl (C=O) groups excluding carboxylic acids is 1. The van der Waals surface area contributed by atoms with Crippen molar-refractivity contribution in [1.29, 1.82) is 0 Å². The number of ether oxygens (including phenoxy) is 1. The predicted molar refractivity (Wildman–Crippen MR) is 106 cm³/mol. The number of hydrogen-bond acceptors (Lipinski definition) is 4. The van der Waals surface area contributed by atoms with E-state index in [1.54, 1.807) is 0 Å². The molecule has 0 bridgehead atoms. The number of benzene rings is 1. The molecule has 5 heteroatoms. The van der Waals surface area contributed by atoms with Gasteiger partial charge in [-0.25, -0.2) is 0 Å². The fraction of sp³-hybridized carbons (Fsp3) is 0.591. The van der Waals surface area contributed by atoms with Gasteiger partial charge in [-0.1, -0.05) is 36.4 Å². The highest BCUT2D eigenvalue weighted by molar-refractivity contribution is 6.49. The maximum absolute atomic E-state index is 12.2. The Morgan fingerprint density at radius 1 is 1.07 bits per heavy atom. The first-order valence-electron chi connectivity index (χ1n) is 9.90. The summed E-state index contributed by atoms with van der Waals surface area (Å²) in [5.41, 5.74) is 1.82. The molecular weight excluding hydrogens is 339 g/mol. The summed E-state index contributed by atoms with van der Waals surface area (Å²) < 4.78 is 17.8. The summed E-state index contributed by atoms with van der Waals surface area (Å²) in [7, 11) is 1.24. The predicted octanol–water partition coefficient (Wildman–Crippen LogP) is 4.51.